The molecule has 0 fully saturated rings. The predicted molar refractivity (Wildman–Crippen MR) is 87.1 cm³/mol. The maximum absolute atomic E-state index is 10.9. The SMILES string of the molecule is CC(C)(C)[Si](C)(C)OCCOc1ccc([N+](=O)[O-])c(C=O)c1. The van der Waals surface area contributed by atoms with Crippen molar-refractivity contribution in [2.75, 3.05) is 13.2 Å². The molecule has 0 heterocycles. The molecule has 7 heteroatoms. The molecular weight excluding hydrogens is 302 g/mol. The first kappa shape index (κ1) is 18.3. The fourth-order valence-electron chi connectivity index (χ4n) is 1.56. The highest BCUT2D eigenvalue weighted by atomic mass is 28.4. The second-order valence-electron chi connectivity index (χ2n) is 6.55. The van der Waals surface area contributed by atoms with Crippen molar-refractivity contribution in [2.24, 2.45) is 0 Å². The van der Waals surface area contributed by atoms with Gasteiger partial charge in [-0.25, -0.2) is 0 Å². The molecule has 0 bridgehead atoms. The largest absolute Gasteiger partial charge is 0.491 e. The van der Waals surface area contributed by atoms with Crippen LogP contribution < -0.4 is 4.74 Å². The molecule has 1 rings (SSSR count). The van der Waals surface area contributed by atoms with Gasteiger partial charge >= 0.3 is 0 Å². The van der Waals surface area contributed by atoms with Crippen LogP contribution in [0.15, 0.2) is 18.2 Å². The average Bonchev–Trinajstić information content (AvgIpc) is 2.41. The second kappa shape index (κ2) is 7.02. The van der Waals surface area contributed by atoms with Crippen molar-refractivity contribution in [3.05, 3.63) is 33.9 Å². The predicted octanol–water partition coefficient (Wildman–Crippen LogP) is 3.81. The summed E-state index contributed by atoms with van der Waals surface area (Å²) in [5.41, 5.74) is -0.215. The topological polar surface area (TPSA) is 78.7 Å². The minimum absolute atomic E-state index is 0.00724. The minimum Gasteiger partial charge on any atom is -0.491 e. The molecule has 0 radical (unpaired) electrons. The van der Waals surface area contributed by atoms with Gasteiger partial charge in [-0.15, -0.1) is 0 Å². The number of ether oxygens (including phenoxy) is 1. The number of rotatable bonds is 7. The van der Waals surface area contributed by atoms with E-state index >= 15 is 0 Å². The lowest BCUT2D eigenvalue weighted by molar-refractivity contribution is -0.385. The van der Waals surface area contributed by atoms with Crippen molar-refractivity contribution in [3.63, 3.8) is 0 Å². The van der Waals surface area contributed by atoms with Crippen molar-refractivity contribution in [3.8, 4) is 5.75 Å². The van der Waals surface area contributed by atoms with E-state index in [0.717, 1.165) is 0 Å². The summed E-state index contributed by atoms with van der Waals surface area (Å²) in [7, 11) is -1.81. The van der Waals surface area contributed by atoms with E-state index in [0.29, 0.717) is 25.2 Å². The van der Waals surface area contributed by atoms with Crippen LogP contribution in [0.2, 0.25) is 18.1 Å². The molecule has 0 aliphatic rings. The van der Waals surface area contributed by atoms with E-state index in [9.17, 15) is 14.9 Å². The highest BCUT2D eigenvalue weighted by Gasteiger charge is 2.36. The Balaban J connectivity index is 2.60. The van der Waals surface area contributed by atoms with Crippen LogP contribution >= 0.6 is 0 Å². The molecule has 0 saturated carbocycles. The van der Waals surface area contributed by atoms with Crippen LogP contribution in [-0.2, 0) is 4.43 Å². The number of carbonyl (C=O) groups excluding carboxylic acids is 1. The maximum Gasteiger partial charge on any atom is 0.280 e. The second-order valence-corrected chi connectivity index (χ2v) is 11.4. The Morgan fingerprint density at radius 3 is 2.41 bits per heavy atom. The minimum atomic E-state index is -1.81. The van der Waals surface area contributed by atoms with Crippen LogP contribution in [0.3, 0.4) is 0 Å². The van der Waals surface area contributed by atoms with E-state index in [2.05, 4.69) is 33.9 Å². The molecule has 0 aliphatic carbocycles. The average molecular weight is 325 g/mol. The number of carbonyl (C=O) groups is 1. The highest BCUT2D eigenvalue weighted by Crippen LogP contribution is 2.36. The van der Waals surface area contributed by atoms with E-state index in [4.69, 9.17) is 9.16 Å². The third kappa shape index (κ3) is 4.64. The molecule has 0 N–H and O–H groups in total. The van der Waals surface area contributed by atoms with Gasteiger partial charge in [0.25, 0.3) is 5.69 Å². The van der Waals surface area contributed by atoms with Crippen molar-refractivity contribution < 1.29 is 18.9 Å². The van der Waals surface area contributed by atoms with Gasteiger partial charge < -0.3 is 9.16 Å². The molecule has 122 valence electrons. The number of hydrogen-bond donors (Lipinski definition) is 0. The molecule has 0 saturated heterocycles. The number of nitro benzene ring substituents is 1. The first-order valence-electron chi connectivity index (χ1n) is 7.09. The third-order valence-electron chi connectivity index (χ3n) is 3.94. The van der Waals surface area contributed by atoms with E-state index < -0.39 is 13.2 Å². The monoisotopic (exact) mass is 325 g/mol. The fraction of sp³-hybridized carbons (Fsp3) is 0.533. The van der Waals surface area contributed by atoms with Gasteiger partial charge in [-0.05, 0) is 30.3 Å². The van der Waals surface area contributed by atoms with Gasteiger partial charge in [0.05, 0.1) is 17.1 Å². The lowest BCUT2D eigenvalue weighted by Crippen LogP contribution is -2.41. The molecule has 0 amide bonds. The third-order valence-corrected chi connectivity index (χ3v) is 8.48. The van der Waals surface area contributed by atoms with E-state index in [-0.39, 0.29) is 16.3 Å². The maximum atomic E-state index is 10.9. The summed E-state index contributed by atoms with van der Waals surface area (Å²) in [4.78, 5) is 21.0. The Labute approximate surface area is 131 Å². The number of nitrogens with zero attached hydrogens (tertiary/aromatic N) is 1. The molecule has 0 spiro atoms. The summed E-state index contributed by atoms with van der Waals surface area (Å²) in [5.74, 6) is 0.423. The van der Waals surface area contributed by atoms with Gasteiger partial charge in [-0.1, -0.05) is 20.8 Å². The van der Waals surface area contributed by atoms with Gasteiger partial charge in [0, 0.05) is 6.07 Å². The Morgan fingerprint density at radius 2 is 1.91 bits per heavy atom. The zero-order valence-corrected chi connectivity index (χ0v) is 14.7. The van der Waals surface area contributed by atoms with Crippen molar-refractivity contribution in [1.29, 1.82) is 0 Å². The fourth-order valence-corrected chi connectivity index (χ4v) is 2.58. The quantitative estimate of drug-likeness (QED) is 0.250. The van der Waals surface area contributed by atoms with Crippen LogP contribution in [0.25, 0.3) is 0 Å². The van der Waals surface area contributed by atoms with Gasteiger partial charge in [0.2, 0.25) is 0 Å². The first-order valence-corrected chi connectivity index (χ1v) is 10.00. The van der Waals surface area contributed by atoms with Gasteiger partial charge in [-0.2, -0.15) is 0 Å². The normalized spacial score (nSPS) is 12.0. The Kier molecular flexibility index (Phi) is 5.84. The molecule has 6 nitrogen and oxygen atoms in total. The zero-order valence-electron chi connectivity index (χ0n) is 13.7. The van der Waals surface area contributed by atoms with Gasteiger partial charge in [0.15, 0.2) is 14.6 Å². The molecule has 0 atom stereocenters. The van der Waals surface area contributed by atoms with E-state index in [1.54, 1.807) is 0 Å². The molecule has 0 unspecified atom stereocenters. The number of benzene rings is 1. The Hall–Kier alpha value is -1.73. The summed E-state index contributed by atoms with van der Waals surface area (Å²) in [6.45, 7) is 11.6. The standard InChI is InChI=1S/C15H23NO5Si/c1-15(2,3)22(4,5)21-9-8-20-13-6-7-14(16(18)19)12(10-13)11-17/h6-7,10-11H,8-9H2,1-5H3. The summed E-state index contributed by atoms with van der Waals surface area (Å²) >= 11 is 0. The number of hydrogen-bond acceptors (Lipinski definition) is 5. The van der Waals surface area contributed by atoms with Crippen LogP contribution in [0.1, 0.15) is 31.1 Å². The Bertz CT molecular complexity index is 551. The number of nitro groups is 1. The summed E-state index contributed by atoms with van der Waals surface area (Å²) < 4.78 is 11.5. The van der Waals surface area contributed by atoms with Crippen LogP contribution in [0, 0.1) is 10.1 Å². The molecular formula is C15H23NO5Si. The van der Waals surface area contributed by atoms with E-state index in [1.807, 2.05) is 0 Å². The lowest BCUT2D eigenvalue weighted by Gasteiger charge is -2.36. The summed E-state index contributed by atoms with van der Waals surface area (Å²) in [6.07, 6.45) is 0.455. The molecule has 22 heavy (non-hydrogen) atoms. The molecule has 0 aliphatic heterocycles. The van der Waals surface area contributed by atoms with Gasteiger partial charge in [-0.3, -0.25) is 14.9 Å². The molecule has 1 aromatic carbocycles. The first-order chi connectivity index (χ1) is 10.1. The van der Waals surface area contributed by atoms with E-state index in [1.165, 1.54) is 18.2 Å². The number of aldehydes is 1. The van der Waals surface area contributed by atoms with Crippen LogP contribution in [-0.4, -0.2) is 32.7 Å². The molecule has 1 aromatic rings. The summed E-state index contributed by atoms with van der Waals surface area (Å²) in [6, 6.07) is 4.13. The Morgan fingerprint density at radius 1 is 1.27 bits per heavy atom. The lowest BCUT2D eigenvalue weighted by atomic mass is 10.2. The van der Waals surface area contributed by atoms with Gasteiger partial charge in [0.1, 0.15) is 12.4 Å². The van der Waals surface area contributed by atoms with Crippen LogP contribution in [0.5, 0.6) is 5.75 Å². The summed E-state index contributed by atoms with van der Waals surface area (Å²) in [5, 5.41) is 10.9. The van der Waals surface area contributed by atoms with Crippen molar-refractivity contribution >= 4 is 20.3 Å². The van der Waals surface area contributed by atoms with Crippen molar-refractivity contribution in [1.82, 2.24) is 0 Å². The highest BCUT2D eigenvalue weighted by molar-refractivity contribution is 6.74. The zero-order chi connectivity index (χ0) is 17.0. The smallest absolute Gasteiger partial charge is 0.280 e. The molecule has 0 aromatic heterocycles. The van der Waals surface area contributed by atoms with Crippen LogP contribution in [0.4, 0.5) is 5.69 Å². The van der Waals surface area contributed by atoms with Crippen molar-refractivity contribution in [2.45, 2.75) is 38.9 Å².